The first-order chi connectivity index (χ1) is 5.56. The van der Waals surface area contributed by atoms with E-state index in [4.69, 9.17) is 0 Å². The molecule has 0 radical (unpaired) electrons. The smallest absolute Gasteiger partial charge is 0.317 e. The molecule has 12 heavy (non-hydrogen) atoms. The number of hydrogen-bond donors (Lipinski definition) is 1. The molecule has 0 aliphatic carbocycles. The number of rotatable bonds is 1. The minimum Gasteiger partial charge on any atom is -0.317 e. The second-order valence-electron chi connectivity index (χ2n) is 3.32. The van der Waals surface area contributed by atoms with Crippen molar-refractivity contribution in [2.24, 2.45) is 0 Å². The van der Waals surface area contributed by atoms with Gasteiger partial charge in [-0.3, -0.25) is 0 Å². The zero-order valence-corrected chi connectivity index (χ0v) is 8.14. The van der Waals surface area contributed by atoms with Crippen LogP contribution in [-0.2, 0) is 0 Å². The van der Waals surface area contributed by atoms with Crippen LogP contribution < -0.4 is 5.32 Å². The third-order valence-corrected chi connectivity index (χ3v) is 2.84. The molecule has 1 rings (SSSR count). The second-order valence-corrected chi connectivity index (χ2v) is 3.32. The standard InChI is InChI=1S/C9H16N2O/c1-5-7-9(3,6-2)11(4)8(12)10-7/h5H,6H2,1-4H3,(H,10,12)/b7-5+. The average Bonchev–Trinajstić information content (AvgIpc) is 2.30. The van der Waals surface area contributed by atoms with Gasteiger partial charge in [0.1, 0.15) is 0 Å². The molecular weight excluding hydrogens is 152 g/mol. The lowest BCUT2D eigenvalue weighted by molar-refractivity contribution is 0.191. The first-order valence-electron chi connectivity index (χ1n) is 4.28. The molecule has 3 heteroatoms. The molecule has 0 spiro atoms. The van der Waals surface area contributed by atoms with E-state index in [0.717, 1.165) is 12.1 Å². The topological polar surface area (TPSA) is 32.3 Å². The van der Waals surface area contributed by atoms with E-state index in [-0.39, 0.29) is 11.6 Å². The highest BCUT2D eigenvalue weighted by atomic mass is 16.2. The number of allylic oxidation sites excluding steroid dienone is 1. The van der Waals surface area contributed by atoms with Crippen LogP contribution in [0.15, 0.2) is 11.8 Å². The quantitative estimate of drug-likeness (QED) is 0.635. The van der Waals surface area contributed by atoms with E-state index in [9.17, 15) is 4.79 Å². The fourth-order valence-corrected chi connectivity index (χ4v) is 1.55. The van der Waals surface area contributed by atoms with Crippen molar-refractivity contribution >= 4 is 6.03 Å². The van der Waals surface area contributed by atoms with Crippen LogP contribution in [-0.4, -0.2) is 23.5 Å². The highest BCUT2D eigenvalue weighted by molar-refractivity contribution is 5.81. The summed E-state index contributed by atoms with van der Waals surface area (Å²) < 4.78 is 0. The maximum absolute atomic E-state index is 11.3. The normalized spacial score (nSPS) is 32.8. The van der Waals surface area contributed by atoms with E-state index in [1.807, 2.05) is 20.0 Å². The molecule has 0 aromatic heterocycles. The number of carbonyl (C=O) groups excluding carboxylic acids is 1. The van der Waals surface area contributed by atoms with Gasteiger partial charge in [-0.1, -0.05) is 13.0 Å². The third kappa shape index (κ3) is 1.00. The molecule has 0 bridgehead atoms. The molecule has 1 atom stereocenters. The van der Waals surface area contributed by atoms with Gasteiger partial charge in [-0.2, -0.15) is 0 Å². The van der Waals surface area contributed by atoms with Gasteiger partial charge >= 0.3 is 6.03 Å². The van der Waals surface area contributed by atoms with Crippen LogP contribution in [0, 0.1) is 0 Å². The maximum atomic E-state index is 11.3. The fourth-order valence-electron chi connectivity index (χ4n) is 1.55. The fraction of sp³-hybridized carbons (Fsp3) is 0.667. The van der Waals surface area contributed by atoms with Gasteiger partial charge < -0.3 is 10.2 Å². The Morgan fingerprint density at radius 1 is 1.67 bits per heavy atom. The van der Waals surface area contributed by atoms with Gasteiger partial charge in [0.2, 0.25) is 0 Å². The van der Waals surface area contributed by atoms with Gasteiger partial charge in [-0.25, -0.2) is 4.79 Å². The lowest BCUT2D eigenvalue weighted by Crippen LogP contribution is -2.40. The third-order valence-electron chi connectivity index (χ3n) is 2.84. The van der Waals surface area contributed by atoms with Crippen molar-refractivity contribution in [1.82, 2.24) is 10.2 Å². The van der Waals surface area contributed by atoms with Gasteiger partial charge in [-0.05, 0) is 20.3 Å². The number of nitrogens with one attached hydrogen (secondary N) is 1. The van der Waals surface area contributed by atoms with E-state index >= 15 is 0 Å². The van der Waals surface area contributed by atoms with Crippen LogP contribution in [0.5, 0.6) is 0 Å². The van der Waals surface area contributed by atoms with Gasteiger partial charge in [-0.15, -0.1) is 0 Å². The molecular formula is C9H16N2O. The molecule has 0 aromatic rings. The first kappa shape index (κ1) is 9.10. The molecule has 1 saturated heterocycles. The Hall–Kier alpha value is -0.990. The van der Waals surface area contributed by atoms with Crippen LogP contribution in [0.4, 0.5) is 4.79 Å². The van der Waals surface area contributed by atoms with Crippen molar-refractivity contribution in [3.05, 3.63) is 11.8 Å². The highest BCUT2D eigenvalue weighted by Crippen LogP contribution is 2.30. The average molecular weight is 168 g/mol. The Bertz CT molecular complexity index is 235. The molecule has 1 unspecified atom stereocenters. The molecule has 68 valence electrons. The van der Waals surface area contributed by atoms with Crippen molar-refractivity contribution in [1.29, 1.82) is 0 Å². The van der Waals surface area contributed by atoms with E-state index in [2.05, 4.69) is 19.2 Å². The van der Waals surface area contributed by atoms with Crippen molar-refractivity contribution in [2.75, 3.05) is 7.05 Å². The first-order valence-corrected chi connectivity index (χ1v) is 4.28. The summed E-state index contributed by atoms with van der Waals surface area (Å²) in [4.78, 5) is 13.0. The summed E-state index contributed by atoms with van der Waals surface area (Å²) in [5.41, 5.74) is 0.878. The molecule has 2 amide bonds. The molecule has 1 heterocycles. The van der Waals surface area contributed by atoms with Crippen LogP contribution in [0.2, 0.25) is 0 Å². The summed E-state index contributed by atoms with van der Waals surface area (Å²) in [7, 11) is 1.83. The zero-order chi connectivity index (χ0) is 9.35. The van der Waals surface area contributed by atoms with Crippen molar-refractivity contribution < 1.29 is 4.79 Å². The highest BCUT2D eigenvalue weighted by Gasteiger charge is 2.41. The van der Waals surface area contributed by atoms with Gasteiger partial charge in [0, 0.05) is 12.7 Å². The van der Waals surface area contributed by atoms with Crippen LogP contribution in [0.25, 0.3) is 0 Å². The minimum atomic E-state index is -0.133. The zero-order valence-electron chi connectivity index (χ0n) is 8.14. The lowest BCUT2D eigenvalue weighted by Gasteiger charge is -2.30. The Kier molecular flexibility index (Phi) is 2.13. The number of hydrogen-bond acceptors (Lipinski definition) is 1. The number of urea groups is 1. The number of carbonyl (C=O) groups is 1. The summed E-state index contributed by atoms with van der Waals surface area (Å²) in [5.74, 6) is 0. The summed E-state index contributed by atoms with van der Waals surface area (Å²) in [6.07, 6.45) is 2.90. The van der Waals surface area contributed by atoms with E-state index in [1.165, 1.54) is 0 Å². The summed E-state index contributed by atoms with van der Waals surface area (Å²) in [5, 5.41) is 2.84. The van der Waals surface area contributed by atoms with E-state index in [0.29, 0.717) is 0 Å². The van der Waals surface area contributed by atoms with Crippen molar-refractivity contribution in [3.63, 3.8) is 0 Å². The Balaban J connectivity index is 3.04. The lowest BCUT2D eigenvalue weighted by atomic mass is 9.94. The summed E-state index contributed by atoms with van der Waals surface area (Å²) >= 11 is 0. The van der Waals surface area contributed by atoms with Crippen LogP contribution >= 0.6 is 0 Å². The molecule has 1 fully saturated rings. The predicted octanol–water partition coefficient (Wildman–Crippen LogP) is 1.71. The minimum absolute atomic E-state index is 0.00699. The van der Waals surface area contributed by atoms with Crippen molar-refractivity contribution in [2.45, 2.75) is 32.7 Å². The Labute approximate surface area is 73.4 Å². The number of likely N-dealkylation sites (N-methyl/N-ethyl adjacent to an activating group) is 1. The maximum Gasteiger partial charge on any atom is 0.322 e. The van der Waals surface area contributed by atoms with Gasteiger partial charge in [0.25, 0.3) is 0 Å². The largest absolute Gasteiger partial charge is 0.322 e. The van der Waals surface area contributed by atoms with Crippen LogP contribution in [0.3, 0.4) is 0 Å². The number of nitrogens with zero attached hydrogens (tertiary/aromatic N) is 1. The van der Waals surface area contributed by atoms with Gasteiger partial charge in [0.05, 0.1) is 5.54 Å². The number of amides is 2. The summed E-state index contributed by atoms with van der Waals surface area (Å²) in [6.45, 7) is 6.10. The molecule has 0 aromatic carbocycles. The Morgan fingerprint density at radius 3 is 2.58 bits per heavy atom. The molecule has 1 N–H and O–H groups in total. The summed E-state index contributed by atoms with van der Waals surface area (Å²) in [6, 6.07) is -0.00699. The van der Waals surface area contributed by atoms with Crippen molar-refractivity contribution in [3.8, 4) is 0 Å². The van der Waals surface area contributed by atoms with Gasteiger partial charge in [0.15, 0.2) is 0 Å². The van der Waals surface area contributed by atoms with E-state index < -0.39 is 0 Å². The molecule has 1 aliphatic rings. The second kappa shape index (κ2) is 2.81. The van der Waals surface area contributed by atoms with Crippen LogP contribution in [0.1, 0.15) is 27.2 Å². The van der Waals surface area contributed by atoms with E-state index in [1.54, 1.807) is 4.90 Å². The Morgan fingerprint density at radius 2 is 2.25 bits per heavy atom. The predicted molar refractivity (Wildman–Crippen MR) is 48.7 cm³/mol. The molecule has 1 aliphatic heterocycles. The SMILES string of the molecule is C/C=C1/NC(=O)N(C)C1(C)CC. The molecule has 0 saturated carbocycles. The molecule has 3 nitrogen and oxygen atoms in total. The monoisotopic (exact) mass is 168 g/mol.